The summed E-state index contributed by atoms with van der Waals surface area (Å²) in [7, 11) is 6.22. The summed E-state index contributed by atoms with van der Waals surface area (Å²) in [5.74, 6) is 0.823. The van der Waals surface area contributed by atoms with Crippen LogP contribution >= 0.6 is 0 Å². The van der Waals surface area contributed by atoms with Gasteiger partial charge in [0.2, 0.25) is 12.5 Å². The van der Waals surface area contributed by atoms with Crippen LogP contribution in [-0.4, -0.2) is 68.7 Å². The summed E-state index contributed by atoms with van der Waals surface area (Å²) in [6, 6.07) is 12.3. The average Bonchev–Trinajstić information content (AvgIpc) is 3.83. The minimum atomic E-state index is -0.640. The molecule has 0 bridgehead atoms. The third kappa shape index (κ3) is 4.70. The Morgan fingerprint density at radius 1 is 0.891 bits per heavy atom. The second kappa shape index (κ2) is 11.5. The molecule has 46 heavy (non-hydrogen) atoms. The molecule has 1 amide bonds. The molecule has 2 aliphatic heterocycles. The molecule has 0 saturated carbocycles. The number of aromatic nitrogens is 3. The zero-order valence-corrected chi connectivity index (χ0v) is 25.9. The summed E-state index contributed by atoms with van der Waals surface area (Å²) < 4.78 is 40.9. The number of rotatable bonds is 8. The molecule has 0 radical (unpaired) electrons. The van der Waals surface area contributed by atoms with Gasteiger partial charge in [0.1, 0.15) is 5.75 Å². The highest BCUT2D eigenvalue weighted by atomic mass is 16.7. The molecule has 3 aromatic carbocycles. The number of cyclic esters (lactones) is 1. The van der Waals surface area contributed by atoms with Crippen molar-refractivity contribution in [2.24, 2.45) is 11.8 Å². The quantitative estimate of drug-likeness (QED) is 0.285. The number of ether oxygens (including phenoxy) is 7. The SMILES string of the molecule is COc1ccc(-n2cc(C(=O)N[C@@H]3c4cc5c(cc4[C@@H](c4cc(OC)c(OC)c(OC)c4)[C@H]4C(=O)OC[C@@H]43)OCO5)nn2)cc1C. The van der Waals surface area contributed by atoms with E-state index in [2.05, 4.69) is 15.6 Å². The molecule has 13 nitrogen and oxygen atoms in total. The fourth-order valence-corrected chi connectivity index (χ4v) is 6.74. The second-order valence-electron chi connectivity index (χ2n) is 11.2. The number of methoxy groups -OCH3 is 4. The van der Waals surface area contributed by atoms with Gasteiger partial charge in [0.25, 0.3) is 5.91 Å². The number of esters is 1. The van der Waals surface area contributed by atoms with Crippen LogP contribution in [0.3, 0.4) is 0 Å². The number of carbonyl (C=O) groups is 2. The van der Waals surface area contributed by atoms with Crippen molar-refractivity contribution >= 4 is 11.9 Å². The van der Waals surface area contributed by atoms with Crippen LogP contribution in [0.25, 0.3) is 5.69 Å². The summed E-state index contributed by atoms with van der Waals surface area (Å²) in [6.45, 7) is 2.10. The van der Waals surface area contributed by atoms with Gasteiger partial charge < -0.3 is 38.5 Å². The van der Waals surface area contributed by atoms with E-state index in [0.717, 1.165) is 33.7 Å². The van der Waals surface area contributed by atoms with Crippen molar-refractivity contribution in [1.82, 2.24) is 20.3 Å². The molecule has 1 saturated heterocycles. The molecule has 1 fully saturated rings. The van der Waals surface area contributed by atoms with E-state index in [-0.39, 0.29) is 25.1 Å². The highest BCUT2D eigenvalue weighted by molar-refractivity contribution is 5.92. The molecule has 4 atom stereocenters. The predicted octanol–water partition coefficient (Wildman–Crippen LogP) is 3.74. The summed E-state index contributed by atoms with van der Waals surface area (Å²) in [6.07, 6.45) is 1.56. The van der Waals surface area contributed by atoms with Gasteiger partial charge in [-0.25, -0.2) is 4.68 Å². The lowest BCUT2D eigenvalue weighted by atomic mass is 9.65. The number of nitrogens with zero attached hydrogens (tertiary/aromatic N) is 3. The van der Waals surface area contributed by atoms with Crippen LogP contribution in [0.15, 0.2) is 48.7 Å². The lowest BCUT2D eigenvalue weighted by Crippen LogP contribution is -2.43. The standard InChI is InChI=1S/C33H32N4O9/c1-16-8-18(6-7-23(16)40-2)37-13-22(35-36-37)32(38)34-30-20-12-25-24(45-15-46-25)11-19(20)28(29-21(30)14-44-33(29)39)17-9-26(41-3)31(43-5)27(10-17)42-4/h6-13,21,28-30H,14-15H2,1-5H3,(H,34,38)/t21-,28+,29-,30+/m0/s1. The molecular formula is C33H32N4O9. The highest BCUT2D eigenvalue weighted by Gasteiger charge is 2.53. The lowest BCUT2D eigenvalue weighted by Gasteiger charge is -2.39. The van der Waals surface area contributed by atoms with Gasteiger partial charge in [-0.05, 0) is 71.6 Å². The molecule has 1 N–H and O–H groups in total. The van der Waals surface area contributed by atoms with Crippen molar-refractivity contribution in [2.75, 3.05) is 41.8 Å². The molecule has 3 heterocycles. The molecule has 4 aromatic rings. The minimum absolute atomic E-state index is 0.0624. The number of amides is 1. The number of carbonyl (C=O) groups excluding carboxylic acids is 2. The zero-order chi connectivity index (χ0) is 32.1. The monoisotopic (exact) mass is 628 g/mol. The maximum Gasteiger partial charge on any atom is 0.310 e. The average molecular weight is 629 g/mol. The Morgan fingerprint density at radius 2 is 1.59 bits per heavy atom. The van der Waals surface area contributed by atoms with Gasteiger partial charge in [-0.1, -0.05) is 5.21 Å². The Kier molecular flexibility index (Phi) is 7.30. The lowest BCUT2D eigenvalue weighted by molar-refractivity contribution is -0.141. The maximum absolute atomic E-state index is 13.8. The normalized spacial score (nSPS) is 20.8. The number of hydrogen-bond donors (Lipinski definition) is 1. The van der Waals surface area contributed by atoms with Crippen LogP contribution in [0.5, 0.6) is 34.5 Å². The summed E-state index contributed by atoms with van der Waals surface area (Å²) in [5.41, 5.74) is 4.06. The molecule has 7 rings (SSSR count). The van der Waals surface area contributed by atoms with Crippen LogP contribution in [0.1, 0.15) is 44.7 Å². The van der Waals surface area contributed by atoms with Crippen molar-refractivity contribution < 1.29 is 42.7 Å². The van der Waals surface area contributed by atoms with Crippen LogP contribution < -0.4 is 33.7 Å². The first-order valence-electron chi connectivity index (χ1n) is 14.6. The van der Waals surface area contributed by atoms with Gasteiger partial charge in [0.05, 0.1) is 58.9 Å². The van der Waals surface area contributed by atoms with Gasteiger partial charge in [-0.2, -0.15) is 0 Å². The first-order chi connectivity index (χ1) is 22.3. The van der Waals surface area contributed by atoms with Crippen molar-refractivity contribution in [2.45, 2.75) is 18.9 Å². The van der Waals surface area contributed by atoms with E-state index in [1.807, 2.05) is 49.4 Å². The van der Waals surface area contributed by atoms with E-state index >= 15 is 0 Å². The first-order valence-corrected chi connectivity index (χ1v) is 14.6. The van der Waals surface area contributed by atoms with Crippen LogP contribution in [0.4, 0.5) is 0 Å². The van der Waals surface area contributed by atoms with Crippen molar-refractivity contribution in [3.05, 3.63) is 76.6 Å². The minimum Gasteiger partial charge on any atom is -0.496 e. The first kappa shape index (κ1) is 29.3. The topological polar surface area (TPSA) is 141 Å². The highest BCUT2D eigenvalue weighted by Crippen LogP contribution is 2.55. The van der Waals surface area contributed by atoms with Gasteiger partial charge in [0.15, 0.2) is 28.7 Å². The number of nitrogens with one attached hydrogen (secondary N) is 1. The van der Waals surface area contributed by atoms with Crippen LogP contribution in [0.2, 0.25) is 0 Å². The van der Waals surface area contributed by atoms with Gasteiger partial charge >= 0.3 is 5.97 Å². The summed E-state index contributed by atoms with van der Waals surface area (Å²) in [5, 5.41) is 11.5. The fourth-order valence-electron chi connectivity index (χ4n) is 6.74. The van der Waals surface area contributed by atoms with E-state index in [9.17, 15) is 9.59 Å². The van der Waals surface area contributed by atoms with Crippen molar-refractivity contribution in [1.29, 1.82) is 0 Å². The molecule has 3 aliphatic rings. The zero-order valence-electron chi connectivity index (χ0n) is 25.9. The fraction of sp³-hybridized carbons (Fsp3) is 0.333. The Morgan fingerprint density at radius 3 is 2.24 bits per heavy atom. The summed E-state index contributed by atoms with van der Waals surface area (Å²) in [4.78, 5) is 27.2. The second-order valence-corrected chi connectivity index (χ2v) is 11.2. The number of benzene rings is 3. The molecule has 1 aliphatic carbocycles. The number of aryl methyl sites for hydroxylation is 1. The van der Waals surface area contributed by atoms with Gasteiger partial charge in [-0.15, -0.1) is 5.10 Å². The smallest absolute Gasteiger partial charge is 0.310 e. The maximum atomic E-state index is 13.8. The largest absolute Gasteiger partial charge is 0.496 e. The molecule has 13 heteroatoms. The third-order valence-electron chi connectivity index (χ3n) is 8.89. The summed E-state index contributed by atoms with van der Waals surface area (Å²) >= 11 is 0. The third-order valence-corrected chi connectivity index (χ3v) is 8.89. The Labute approximate surface area is 264 Å². The number of fused-ring (bicyclic) bond motifs is 3. The molecule has 0 spiro atoms. The van der Waals surface area contributed by atoms with Gasteiger partial charge in [0, 0.05) is 11.8 Å². The van der Waals surface area contributed by atoms with Crippen molar-refractivity contribution in [3.8, 4) is 40.2 Å². The molecular weight excluding hydrogens is 596 g/mol. The van der Waals surface area contributed by atoms with Gasteiger partial charge in [-0.3, -0.25) is 9.59 Å². The van der Waals surface area contributed by atoms with E-state index in [1.165, 1.54) is 26.0 Å². The predicted molar refractivity (Wildman–Crippen MR) is 161 cm³/mol. The van der Waals surface area contributed by atoms with Crippen LogP contribution in [-0.2, 0) is 9.53 Å². The van der Waals surface area contributed by atoms with E-state index < -0.39 is 29.7 Å². The Bertz CT molecular complexity index is 1830. The van der Waals surface area contributed by atoms with E-state index in [1.54, 1.807) is 13.3 Å². The molecule has 0 unspecified atom stereocenters. The van der Waals surface area contributed by atoms with E-state index in [0.29, 0.717) is 28.7 Å². The molecule has 238 valence electrons. The van der Waals surface area contributed by atoms with Crippen molar-refractivity contribution in [3.63, 3.8) is 0 Å². The van der Waals surface area contributed by atoms with Crippen LogP contribution in [0, 0.1) is 18.8 Å². The Hall–Kier alpha value is -5.46. The number of hydrogen-bond acceptors (Lipinski definition) is 11. The Balaban J connectivity index is 1.29. The van der Waals surface area contributed by atoms with E-state index in [4.69, 9.17) is 33.2 Å². The molecule has 1 aromatic heterocycles.